The molecule has 4 heteroatoms. The number of methoxy groups -OCH3 is 1. The van der Waals surface area contributed by atoms with Crippen LogP contribution in [0.5, 0.6) is 5.75 Å². The number of benzene rings is 2. The third-order valence-corrected chi connectivity index (χ3v) is 4.71. The van der Waals surface area contributed by atoms with Crippen LogP contribution >= 0.6 is 15.9 Å². The zero-order chi connectivity index (χ0) is 15.5. The van der Waals surface area contributed by atoms with E-state index < -0.39 is 0 Å². The lowest BCUT2D eigenvalue weighted by atomic mass is 9.87. The molecule has 0 saturated heterocycles. The van der Waals surface area contributed by atoms with E-state index in [1.807, 2.05) is 6.07 Å². The Kier molecular flexibility index (Phi) is 4.48. The number of hydrogen-bond acceptors (Lipinski definition) is 2. The molecule has 3 rings (SSSR count). The Labute approximate surface area is 138 Å². The average Bonchev–Trinajstić information content (AvgIpc) is 2.55. The van der Waals surface area contributed by atoms with E-state index in [1.165, 1.54) is 11.1 Å². The van der Waals surface area contributed by atoms with Crippen molar-refractivity contribution in [3.63, 3.8) is 0 Å². The lowest BCUT2D eigenvalue weighted by molar-refractivity contribution is 0.0932. The first kappa shape index (κ1) is 15.1. The Balaban J connectivity index is 1.79. The van der Waals surface area contributed by atoms with Gasteiger partial charge in [0.2, 0.25) is 0 Å². The highest BCUT2D eigenvalue weighted by molar-refractivity contribution is 9.10. The molecule has 1 aliphatic rings. The van der Waals surface area contributed by atoms with Gasteiger partial charge in [-0.05, 0) is 64.5 Å². The number of nitrogens with one attached hydrogen (secondary N) is 1. The number of halogens is 1. The second-order valence-corrected chi connectivity index (χ2v) is 6.32. The predicted octanol–water partition coefficient (Wildman–Crippen LogP) is 4.27. The molecule has 0 saturated carbocycles. The summed E-state index contributed by atoms with van der Waals surface area (Å²) in [5.74, 6) is 0.671. The smallest absolute Gasteiger partial charge is 0.251 e. The number of carbonyl (C=O) groups is 1. The van der Waals surface area contributed by atoms with Crippen molar-refractivity contribution in [3.05, 3.63) is 63.6 Å². The molecule has 0 fully saturated rings. The monoisotopic (exact) mass is 359 g/mol. The lowest BCUT2D eigenvalue weighted by Crippen LogP contribution is -2.30. The normalized spacial score (nSPS) is 16.7. The summed E-state index contributed by atoms with van der Waals surface area (Å²) in [6, 6.07) is 13.8. The third-order valence-electron chi connectivity index (χ3n) is 4.09. The largest absolute Gasteiger partial charge is 0.496 e. The van der Waals surface area contributed by atoms with Crippen LogP contribution in [0.25, 0.3) is 0 Å². The molecular weight excluding hydrogens is 342 g/mol. The molecule has 1 aliphatic carbocycles. The van der Waals surface area contributed by atoms with Crippen LogP contribution in [0.4, 0.5) is 0 Å². The highest BCUT2D eigenvalue weighted by Crippen LogP contribution is 2.30. The van der Waals surface area contributed by atoms with Gasteiger partial charge in [-0.1, -0.05) is 24.3 Å². The van der Waals surface area contributed by atoms with Gasteiger partial charge in [0, 0.05) is 5.56 Å². The van der Waals surface area contributed by atoms with Crippen LogP contribution < -0.4 is 10.1 Å². The number of fused-ring (bicyclic) bond motifs is 1. The minimum Gasteiger partial charge on any atom is -0.496 e. The van der Waals surface area contributed by atoms with E-state index in [0.717, 1.165) is 29.5 Å². The van der Waals surface area contributed by atoms with Gasteiger partial charge in [0.05, 0.1) is 17.6 Å². The van der Waals surface area contributed by atoms with Gasteiger partial charge in [-0.25, -0.2) is 0 Å². The number of ether oxygens (including phenoxy) is 1. The molecule has 1 atom stereocenters. The summed E-state index contributed by atoms with van der Waals surface area (Å²) in [5.41, 5.74) is 3.22. The molecule has 2 aromatic carbocycles. The van der Waals surface area contributed by atoms with Crippen LogP contribution in [0.15, 0.2) is 46.9 Å². The van der Waals surface area contributed by atoms with Crippen LogP contribution in [0.3, 0.4) is 0 Å². The van der Waals surface area contributed by atoms with E-state index in [-0.39, 0.29) is 11.9 Å². The highest BCUT2D eigenvalue weighted by atomic mass is 79.9. The predicted molar refractivity (Wildman–Crippen MR) is 90.3 cm³/mol. The Hall–Kier alpha value is -1.81. The number of hydrogen-bond donors (Lipinski definition) is 1. The van der Waals surface area contributed by atoms with Gasteiger partial charge >= 0.3 is 0 Å². The molecule has 22 heavy (non-hydrogen) atoms. The summed E-state index contributed by atoms with van der Waals surface area (Å²) in [4.78, 5) is 12.5. The van der Waals surface area contributed by atoms with Gasteiger partial charge in [0.15, 0.2) is 0 Å². The van der Waals surface area contributed by atoms with E-state index >= 15 is 0 Å². The molecule has 0 unspecified atom stereocenters. The van der Waals surface area contributed by atoms with Crippen molar-refractivity contribution in [2.45, 2.75) is 25.3 Å². The lowest BCUT2D eigenvalue weighted by Gasteiger charge is -2.26. The third kappa shape index (κ3) is 3.02. The van der Waals surface area contributed by atoms with Crippen molar-refractivity contribution in [1.82, 2.24) is 5.32 Å². The molecule has 0 bridgehead atoms. The van der Waals surface area contributed by atoms with Gasteiger partial charge < -0.3 is 10.1 Å². The molecule has 114 valence electrons. The van der Waals surface area contributed by atoms with Crippen LogP contribution in [-0.2, 0) is 6.42 Å². The maximum atomic E-state index is 12.5. The number of carbonyl (C=O) groups excluding carboxylic acids is 1. The van der Waals surface area contributed by atoms with E-state index in [9.17, 15) is 4.79 Å². The maximum Gasteiger partial charge on any atom is 0.251 e. The Morgan fingerprint density at radius 3 is 2.86 bits per heavy atom. The summed E-state index contributed by atoms with van der Waals surface area (Å²) >= 11 is 3.42. The molecule has 0 spiro atoms. The molecule has 0 aromatic heterocycles. The fourth-order valence-corrected chi connectivity index (χ4v) is 3.49. The molecular formula is C18H18BrNO2. The zero-order valence-electron chi connectivity index (χ0n) is 12.4. The number of rotatable bonds is 3. The van der Waals surface area contributed by atoms with Crippen LogP contribution in [0.2, 0.25) is 0 Å². The van der Waals surface area contributed by atoms with Crippen LogP contribution in [0, 0.1) is 0 Å². The zero-order valence-corrected chi connectivity index (χ0v) is 14.0. The first-order valence-corrected chi connectivity index (χ1v) is 8.20. The van der Waals surface area contributed by atoms with E-state index in [4.69, 9.17) is 4.74 Å². The first-order valence-electron chi connectivity index (χ1n) is 7.41. The second kappa shape index (κ2) is 6.53. The van der Waals surface area contributed by atoms with Crippen molar-refractivity contribution < 1.29 is 9.53 Å². The molecule has 0 heterocycles. The average molecular weight is 360 g/mol. The molecule has 2 aromatic rings. The van der Waals surface area contributed by atoms with Gasteiger partial charge in [-0.15, -0.1) is 0 Å². The SMILES string of the molecule is COc1ccc(C(=O)N[C@H]2CCCc3ccccc32)cc1Br. The Bertz CT molecular complexity index is 699. The molecule has 0 aliphatic heterocycles. The molecule has 3 nitrogen and oxygen atoms in total. The van der Waals surface area contributed by atoms with Gasteiger partial charge in [0.1, 0.15) is 5.75 Å². The van der Waals surface area contributed by atoms with Gasteiger partial charge in [-0.3, -0.25) is 4.79 Å². The first-order chi connectivity index (χ1) is 10.7. The summed E-state index contributed by atoms with van der Waals surface area (Å²) in [5, 5.41) is 3.16. The quantitative estimate of drug-likeness (QED) is 0.888. The highest BCUT2D eigenvalue weighted by Gasteiger charge is 2.22. The van der Waals surface area contributed by atoms with Gasteiger partial charge in [0.25, 0.3) is 5.91 Å². The van der Waals surface area contributed by atoms with Crippen molar-refractivity contribution >= 4 is 21.8 Å². The Morgan fingerprint density at radius 2 is 2.09 bits per heavy atom. The van der Waals surface area contributed by atoms with Crippen LogP contribution in [0.1, 0.15) is 40.4 Å². The summed E-state index contributed by atoms with van der Waals surface area (Å²) in [7, 11) is 1.61. The summed E-state index contributed by atoms with van der Waals surface area (Å²) < 4.78 is 5.98. The van der Waals surface area contributed by atoms with Crippen molar-refractivity contribution in [2.24, 2.45) is 0 Å². The van der Waals surface area contributed by atoms with E-state index in [0.29, 0.717) is 5.56 Å². The summed E-state index contributed by atoms with van der Waals surface area (Å²) in [6.45, 7) is 0. The van der Waals surface area contributed by atoms with Crippen molar-refractivity contribution in [1.29, 1.82) is 0 Å². The van der Waals surface area contributed by atoms with Crippen LogP contribution in [-0.4, -0.2) is 13.0 Å². The topological polar surface area (TPSA) is 38.3 Å². The standard InChI is InChI=1S/C18H18BrNO2/c1-22-17-10-9-13(11-15(17)19)18(21)20-16-8-4-6-12-5-2-3-7-14(12)16/h2-3,5,7,9-11,16H,4,6,8H2,1H3,(H,20,21)/t16-/m0/s1. The molecule has 1 amide bonds. The van der Waals surface area contributed by atoms with E-state index in [1.54, 1.807) is 25.3 Å². The minimum absolute atomic E-state index is 0.0509. The summed E-state index contributed by atoms with van der Waals surface area (Å²) in [6.07, 6.45) is 3.19. The second-order valence-electron chi connectivity index (χ2n) is 5.47. The fourth-order valence-electron chi connectivity index (χ4n) is 2.95. The van der Waals surface area contributed by atoms with Gasteiger partial charge in [-0.2, -0.15) is 0 Å². The Morgan fingerprint density at radius 1 is 1.27 bits per heavy atom. The van der Waals surface area contributed by atoms with Crippen molar-refractivity contribution in [2.75, 3.05) is 7.11 Å². The minimum atomic E-state index is -0.0509. The van der Waals surface area contributed by atoms with E-state index in [2.05, 4.69) is 39.4 Å². The molecule has 1 N–H and O–H groups in total. The van der Waals surface area contributed by atoms with Crippen molar-refractivity contribution in [3.8, 4) is 5.75 Å². The fraction of sp³-hybridized carbons (Fsp3) is 0.278. The number of amides is 1. The number of aryl methyl sites for hydroxylation is 1. The molecule has 0 radical (unpaired) electrons. The maximum absolute atomic E-state index is 12.5.